The molecule has 4 heteroatoms. The van der Waals surface area contributed by atoms with Crippen molar-refractivity contribution < 1.29 is 4.79 Å². The largest absolute Gasteiger partial charge is 0.349 e. The van der Waals surface area contributed by atoms with Crippen molar-refractivity contribution in [3.63, 3.8) is 0 Å². The third-order valence-corrected chi connectivity index (χ3v) is 4.73. The van der Waals surface area contributed by atoms with Gasteiger partial charge in [0.25, 0.3) is 5.91 Å². The molecule has 1 saturated heterocycles. The lowest BCUT2D eigenvalue weighted by Gasteiger charge is -2.35. The van der Waals surface area contributed by atoms with E-state index in [1.54, 1.807) is 0 Å². The first-order chi connectivity index (χ1) is 8.97. The number of hydrogen-bond acceptors (Lipinski definition) is 2. The van der Waals surface area contributed by atoms with Gasteiger partial charge in [0.05, 0.1) is 0 Å². The monoisotopic (exact) mass is 324 g/mol. The molecule has 2 rings (SSSR count). The number of halogens is 1. The maximum absolute atomic E-state index is 12.3. The van der Waals surface area contributed by atoms with Gasteiger partial charge in [-0.1, -0.05) is 22.9 Å². The summed E-state index contributed by atoms with van der Waals surface area (Å²) < 4.78 is 1.04. The Labute approximate surface area is 123 Å². The molecule has 104 valence electrons. The Morgan fingerprint density at radius 2 is 2.21 bits per heavy atom. The van der Waals surface area contributed by atoms with Crippen LogP contribution in [0.25, 0.3) is 0 Å². The number of aryl methyl sites for hydroxylation is 1. The first kappa shape index (κ1) is 14.5. The average Bonchev–Trinajstić information content (AvgIpc) is 2.36. The van der Waals surface area contributed by atoms with Gasteiger partial charge in [-0.05, 0) is 56.6 Å². The van der Waals surface area contributed by atoms with E-state index in [1.165, 1.54) is 0 Å². The molecule has 2 atom stereocenters. The highest BCUT2D eigenvalue weighted by Gasteiger charge is 2.25. The van der Waals surface area contributed by atoms with Crippen molar-refractivity contribution in [2.24, 2.45) is 5.92 Å². The minimum Gasteiger partial charge on any atom is -0.349 e. The first-order valence-electron chi connectivity index (χ1n) is 6.73. The van der Waals surface area contributed by atoms with Crippen LogP contribution in [-0.4, -0.2) is 37.0 Å². The van der Waals surface area contributed by atoms with Gasteiger partial charge < -0.3 is 10.2 Å². The summed E-state index contributed by atoms with van der Waals surface area (Å²) in [6, 6.07) is 6.01. The maximum atomic E-state index is 12.3. The summed E-state index contributed by atoms with van der Waals surface area (Å²) in [5, 5.41) is 3.17. The number of amides is 1. The van der Waals surface area contributed by atoms with Gasteiger partial charge in [-0.2, -0.15) is 0 Å². The highest BCUT2D eigenvalue weighted by Crippen LogP contribution is 2.19. The Morgan fingerprint density at radius 3 is 2.84 bits per heavy atom. The van der Waals surface area contributed by atoms with Crippen LogP contribution in [-0.2, 0) is 0 Å². The van der Waals surface area contributed by atoms with E-state index in [4.69, 9.17) is 0 Å². The quantitative estimate of drug-likeness (QED) is 0.907. The minimum atomic E-state index is 0.0389. The van der Waals surface area contributed by atoms with Crippen molar-refractivity contribution in [1.29, 1.82) is 0 Å². The molecule has 2 unspecified atom stereocenters. The Bertz CT molecular complexity index is 475. The molecule has 1 heterocycles. The van der Waals surface area contributed by atoms with Crippen LogP contribution in [0.2, 0.25) is 0 Å². The summed E-state index contributed by atoms with van der Waals surface area (Å²) in [6.07, 6.45) is 1.03. The van der Waals surface area contributed by atoms with Crippen molar-refractivity contribution in [1.82, 2.24) is 10.2 Å². The third kappa shape index (κ3) is 3.57. The number of piperidine rings is 1. The van der Waals surface area contributed by atoms with Crippen LogP contribution < -0.4 is 5.32 Å². The van der Waals surface area contributed by atoms with E-state index >= 15 is 0 Å². The minimum absolute atomic E-state index is 0.0389. The molecule has 3 nitrogen and oxygen atoms in total. The molecule has 0 saturated carbocycles. The number of carbonyl (C=O) groups is 1. The number of rotatable bonds is 2. The Morgan fingerprint density at radius 1 is 1.47 bits per heavy atom. The van der Waals surface area contributed by atoms with Crippen molar-refractivity contribution >= 4 is 21.8 Å². The van der Waals surface area contributed by atoms with Crippen LogP contribution in [0.5, 0.6) is 0 Å². The lowest BCUT2D eigenvalue weighted by atomic mass is 9.94. The highest BCUT2D eigenvalue weighted by atomic mass is 79.9. The van der Waals surface area contributed by atoms with E-state index in [0.29, 0.717) is 5.92 Å². The van der Waals surface area contributed by atoms with Gasteiger partial charge in [0.1, 0.15) is 0 Å². The lowest BCUT2D eigenvalue weighted by Crippen LogP contribution is -2.48. The molecular formula is C15H21BrN2O. The second-order valence-corrected chi connectivity index (χ2v) is 6.43. The summed E-state index contributed by atoms with van der Waals surface area (Å²) in [6.45, 7) is 6.30. The predicted octanol–water partition coefficient (Wildman–Crippen LogP) is 2.83. The highest BCUT2D eigenvalue weighted by molar-refractivity contribution is 9.10. The molecule has 1 fully saturated rings. The summed E-state index contributed by atoms with van der Waals surface area (Å²) in [5.41, 5.74) is 1.83. The molecule has 1 N–H and O–H groups in total. The summed E-state index contributed by atoms with van der Waals surface area (Å²) in [5.74, 6) is 0.538. The van der Waals surface area contributed by atoms with Crippen LogP contribution in [0.3, 0.4) is 0 Å². The summed E-state index contributed by atoms with van der Waals surface area (Å²) >= 11 is 3.46. The molecule has 1 aliphatic rings. The van der Waals surface area contributed by atoms with Crippen molar-refractivity contribution in [3.05, 3.63) is 33.8 Å². The van der Waals surface area contributed by atoms with Gasteiger partial charge in [0.15, 0.2) is 0 Å². The first-order valence-corrected chi connectivity index (χ1v) is 7.52. The molecular weight excluding hydrogens is 304 g/mol. The molecule has 0 radical (unpaired) electrons. The van der Waals surface area contributed by atoms with Gasteiger partial charge in [0, 0.05) is 22.6 Å². The zero-order chi connectivity index (χ0) is 14.0. The van der Waals surface area contributed by atoms with E-state index in [9.17, 15) is 4.79 Å². The van der Waals surface area contributed by atoms with Crippen molar-refractivity contribution in [2.45, 2.75) is 26.3 Å². The fourth-order valence-electron chi connectivity index (χ4n) is 2.61. The lowest BCUT2D eigenvalue weighted by molar-refractivity contribution is 0.0883. The summed E-state index contributed by atoms with van der Waals surface area (Å²) in [7, 11) is 2.13. The molecule has 1 aromatic rings. The van der Waals surface area contributed by atoms with E-state index in [0.717, 1.165) is 35.1 Å². The molecule has 0 bridgehead atoms. The number of hydrogen-bond donors (Lipinski definition) is 1. The second kappa shape index (κ2) is 6.06. The fraction of sp³-hybridized carbons (Fsp3) is 0.533. The molecule has 19 heavy (non-hydrogen) atoms. The number of nitrogens with zero attached hydrogens (tertiary/aromatic N) is 1. The normalized spacial score (nSPS) is 24.2. The zero-order valence-electron chi connectivity index (χ0n) is 11.7. The third-order valence-electron chi connectivity index (χ3n) is 3.84. The summed E-state index contributed by atoms with van der Waals surface area (Å²) in [4.78, 5) is 14.6. The van der Waals surface area contributed by atoms with Crippen LogP contribution in [0.15, 0.2) is 22.7 Å². The van der Waals surface area contributed by atoms with Gasteiger partial charge in [-0.15, -0.1) is 0 Å². The van der Waals surface area contributed by atoms with E-state index in [2.05, 4.69) is 40.1 Å². The Hall–Kier alpha value is -0.870. The van der Waals surface area contributed by atoms with E-state index in [-0.39, 0.29) is 11.9 Å². The van der Waals surface area contributed by atoms with Crippen LogP contribution in [0.1, 0.15) is 29.3 Å². The molecule has 0 aliphatic carbocycles. The molecule has 1 aromatic carbocycles. The number of carbonyl (C=O) groups excluding carboxylic acids is 1. The average molecular weight is 325 g/mol. The fourth-order valence-corrected chi connectivity index (χ4v) is 2.85. The maximum Gasteiger partial charge on any atom is 0.251 e. The topological polar surface area (TPSA) is 32.3 Å². The SMILES string of the molecule is Cc1cc(C(=O)NC2CCN(C)CC2C)ccc1Br. The number of nitrogens with one attached hydrogen (secondary N) is 1. The van der Waals surface area contributed by atoms with Gasteiger partial charge >= 0.3 is 0 Å². The molecule has 0 aromatic heterocycles. The molecule has 0 spiro atoms. The molecule has 1 aliphatic heterocycles. The van der Waals surface area contributed by atoms with Gasteiger partial charge in [-0.25, -0.2) is 0 Å². The number of benzene rings is 1. The second-order valence-electron chi connectivity index (χ2n) is 5.57. The predicted molar refractivity (Wildman–Crippen MR) is 81.4 cm³/mol. The van der Waals surface area contributed by atoms with E-state index < -0.39 is 0 Å². The smallest absolute Gasteiger partial charge is 0.251 e. The van der Waals surface area contributed by atoms with Crippen LogP contribution in [0, 0.1) is 12.8 Å². The van der Waals surface area contributed by atoms with E-state index in [1.807, 2.05) is 25.1 Å². The Balaban J connectivity index is 2.02. The van der Waals surface area contributed by atoms with Crippen LogP contribution >= 0.6 is 15.9 Å². The van der Waals surface area contributed by atoms with Gasteiger partial charge in [-0.3, -0.25) is 4.79 Å². The molecule has 1 amide bonds. The van der Waals surface area contributed by atoms with Crippen LogP contribution in [0.4, 0.5) is 0 Å². The standard InChI is InChI=1S/C15H21BrN2O/c1-10-8-12(4-5-13(10)16)15(19)17-14-6-7-18(3)9-11(14)2/h4-5,8,11,14H,6-7,9H2,1-3H3,(H,17,19). The number of likely N-dealkylation sites (tertiary alicyclic amines) is 1. The van der Waals surface area contributed by atoms with Crippen molar-refractivity contribution in [2.75, 3.05) is 20.1 Å². The van der Waals surface area contributed by atoms with Crippen molar-refractivity contribution in [3.8, 4) is 0 Å². The Kier molecular flexibility index (Phi) is 4.63. The van der Waals surface area contributed by atoms with Gasteiger partial charge in [0.2, 0.25) is 0 Å². The zero-order valence-corrected chi connectivity index (χ0v) is 13.3.